The highest BCUT2D eigenvalue weighted by Gasteiger charge is 2.34. The van der Waals surface area contributed by atoms with Gasteiger partial charge in [0.15, 0.2) is 0 Å². The highest BCUT2D eigenvalue weighted by molar-refractivity contribution is 5.42. The van der Waals surface area contributed by atoms with Crippen LogP contribution in [0.1, 0.15) is 37.8 Å². The summed E-state index contributed by atoms with van der Waals surface area (Å²) >= 11 is 0. The third-order valence-corrected chi connectivity index (χ3v) is 4.77. The number of rotatable bonds is 2. The van der Waals surface area contributed by atoms with Crippen molar-refractivity contribution in [3.63, 3.8) is 0 Å². The van der Waals surface area contributed by atoms with Crippen LogP contribution >= 0.6 is 0 Å². The molecule has 1 aromatic heterocycles. The summed E-state index contributed by atoms with van der Waals surface area (Å²) in [4.78, 5) is 9.55. The van der Waals surface area contributed by atoms with Crippen molar-refractivity contribution in [2.75, 3.05) is 25.0 Å². The SMILES string of the molecule is CC(N)c1ccnc(N2CCC3CCC(C2)N3C)c1. The Morgan fingerprint density at radius 2 is 2.11 bits per heavy atom. The zero-order valence-corrected chi connectivity index (χ0v) is 11.9. The third kappa shape index (κ3) is 2.47. The van der Waals surface area contributed by atoms with Crippen molar-refractivity contribution in [1.82, 2.24) is 9.88 Å². The molecule has 2 saturated heterocycles. The minimum Gasteiger partial charge on any atom is -0.355 e. The molecule has 4 nitrogen and oxygen atoms in total. The Kier molecular flexibility index (Phi) is 3.46. The van der Waals surface area contributed by atoms with Gasteiger partial charge in [-0.3, -0.25) is 4.90 Å². The fourth-order valence-corrected chi connectivity index (χ4v) is 3.41. The van der Waals surface area contributed by atoms with E-state index in [9.17, 15) is 0 Å². The van der Waals surface area contributed by atoms with Gasteiger partial charge in [-0.1, -0.05) is 0 Å². The Bertz CT molecular complexity index is 446. The number of nitrogens with two attached hydrogens (primary N) is 1. The van der Waals surface area contributed by atoms with Crippen LogP contribution < -0.4 is 10.6 Å². The summed E-state index contributed by atoms with van der Waals surface area (Å²) in [6.45, 7) is 4.24. The van der Waals surface area contributed by atoms with E-state index in [1.165, 1.54) is 24.8 Å². The van der Waals surface area contributed by atoms with Crippen molar-refractivity contribution in [3.05, 3.63) is 23.9 Å². The summed E-state index contributed by atoms with van der Waals surface area (Å²) in [5.74, 6) is 1.09. The molecule has 4 heteroatoms. The average molecular weight is 260 g/mol. The largest absolute Gasteiger partial charge is 0.355 e. The van der Waals surface area contributed by atoms with E-state index < -0.39 is 0 Å². The summed E-state index contributed by atoms with van der Waals surface area (Å²) < 4.78 is 0. The summed E-state index contributed by atoms with van der Waals surface area (Å²) in [7, 11) is 2.28. The number of pyridine rings is 1. The molecule has 2 bridgehead atoms. The zero-order valence-electron chi connectivity index (χ0n) is 11.9. The first-order valence-corrected chi connectivity index (χ1v) is 7.33. The Hall–Kier alpha value is -1.13. The van der Waals surface area contributed by atoms with Gasteiger partial charge >= 0.3 is 0 Å². The van der Waals surface area contributed by atoms with Gasteiger partial charge < -0.3 is 10.6 Å². The number of fused-ring (bicyclic) bond motifs is 2. The molecule has 0 radical (unpaired) electrons. The lowest BCUT2D eigenvalue weighted by Gasteiger charge is -2.27. The number of nitrogens with zero attached hydrogens (tertiary/aromatic N) is 3. The van der Waals surface area contributed by atoms with E-state index in [-0.39, 0.29) is 6.04 Å². The Morgan fingerprint density at radius 1 is 1.32 bits per heavy atom. The van der Waals surface area contributed by atoms with Gasteiger partial charge in [-0.2, -0.15) is 0 Å². The molecule has 3 unspecified atom stereocenters. The van der Waals surface area contributed by atoms with Gasteiger partial charge in [0, 0.05) is 37.4 Å². The maximum absolute atomic E-state index is 5.97. The lowest BCUT2D eigenvalue weighted by atomic mass is 10.1. The Labute approximate surface area is 115 Å². The molecule has 2 aliphatic rings. The summed E-state index contributed by atoms with van der Waals surface area (Å²) in [6.07, 6.45) is 5.82. The number of hydrogen-bond donors (Lipinski definition) is 1. The standard InChI is InChI=1S/C15H24N4/c1-11(16)12-5-7-17-15(9-12)19-8-6-13-3-4-14(10-19)18(13)2/h5,7,9,11,13-14H,3-4,6,8,10,16H2,1-2H3. The van der Waals surface area contributed by atoms with Crippen LogP contribution in [0.5, 0.6) is 0 Å². The lowest BCUT2D eigenvalue weighted by Crippen LogP contribution is -2.37. The van der Waals surface area contributed by atoms with Crippen LogP contribution in [0, 0.1) is 0 Å². The average Bonchev–Trinajstić information content (AvgIpc) is 2.63. The van der Waals surface area contributed by atoms with Crippen LogP contribution in [-0.2, 0) is 0 Å². The van der Waals surface area contributed by atoms with E-state index in [2.05, 4.69) is 27.9 Å². The molecule has 2 fully saturated rings. The molecular weight excluding hydrogens is 236 g/mol. The van der Waals surface area contributed by atoms with Crippen LogP contribution in [0.2, 0.25) is 0 Å². The first kappa shape index (κ1) is 12.9. The molecule has 104 valence electrons. The molecule has 0 aliphatic carbocycles. The molecule has 2 aliphatic heterocycles. The fourth-order valence-electron chi connectivity index (χ4n) is 3.41. The molecule has 3 heterocycles. The minimum atomic E-state index is 0.0767. The van der Waals surface area contributed by atoms with E-state index in [0.717, 1.165) is 24.9 Å². The third-order valence-electron chi connectivity index (χ3n) is 4.77. The summed E-state index contributed by atoms with van der Waals surface area (Å²) in [6, 6.07) is 5.71. The summed E-state index contributed by atoms with van der Waals surface area (Å²) in [5.41, 5.74) is 7.14. The number of likely N-dealkylation sites (N-methyl/N-ethyl adjacent to an activating group) is 1. The second-order valence-electron chi connectivity index (χ2n) is 6.02. The van der Waals surface area contributed by atoms with Crippen LogP contribution in [-0.4, -0.2) is 42.1 Å². The number of anilines is 1. The highest BCUT2D eigenvalue weighted by atomic mass is 15.3. The minimum absolute atomic E-state index is 0.0767. The molecule has 0 spiro atoms. The van der Waals surface area contributed by atoms with Gasteiger partial charge in [0.05, 0.1) is 0 Å². The van der Waals surface area contributed by atoms with E-state index in [4.69, 9.17) is 5.73 Å². The van der Waals surface area contributed by atoms with Gasteiger partial charge in [-0.15, -0.1) is 0 Å². The van der Waals surface area contributed by atoms with Gasteiger partial charge in [0.1, 0.15) is 5.82 Å². The van der Waals surface area contributed by atoms with Crippen molar-refractivity contribution in [2.45, 2.75) is 44.3 Å². The van der Waals surface area contributed by atoms with Crippen molar-refractivity contribution in [2.24, 2.45) is 5.73 Å². The fraction of sp³-hybridized carbons (Fsp3) is 0.667. The topological polar surface area (TPSA) is 45.4 Å². The predicted molar refractivity (Wildman–Crippen MR) is 78.2 cm³/mol. The monoisotopic (exact) mass is 260 g/mol. The molecule has 3 atom stereocenters. The molecular formula is C15H24N4. The van der Waals surface area contributed by atoms with E-state index in [0.29, 0.717) is 6.04 Å². The Balaban J connectivity index is 1.81. The molecule has 3 rings (SSSR count). The maximum Gasteiger partial charge on any atom is 0.128 e. The maximum atomic E-state index is 5.97. The zero-order chi connectivity index (χ0) is 13.4. The van der Waals surface area contributed by atoms with E-state index in [1.54, 1.807) is 0 Å². The van der Waals surface area contributed by atoms with Crippen LogP contribution in [0.25, 0.3) is 0 Å². The predicted octanol–water partition coefficient (Wildman–Crippen LogP) is 1.77. The van der Waals surface area contributed by atoms with Crippen LogP contribution in [0.15, 0.2) is 18.3 Å². The van der Waals surface area contributed by atoms with Crippen molar-refractivity contribution < 1.29 is 0 Å². The first-order chi connectivity index (χ1) is 9.15. The molecule has 0 aromatic carbocycles. The molecule has 0 saturated carbocycles. The molecule has 2 N–H and O–H groups in total. The van der Waals surface area contributed by atoms with Crippen molar-refractivity contribution in [1.29, 1.82) is 0 Å². The molecule has 1 aromatic rings. The molecule has 19 heavy (non-hydrogen) atoms. The lowest BCUT2D eigenvalue weighted by molar-refractivity contribution is 0.254. The van der Waals surface area contributed by atoms with Crippen LogP contribution in [0.3, 0.4) is 0 Å². The quantitative estimate of drug-likeness (QED) is 0.880. The Morgan fingerprint density at radius 3 is 2.89 bits per heavy atom. The summed E-state index contributed by atoms with van der Waals surface area (Å²) in [5, 5.41) is 0. The van der Waals surface area contributed by atoms with Crippen molar-refractivity contribution in [3.8, 4) is 0 Å². The normalized spacial score (nSPS) is 29.3. The second-order valence-corrected chi connectivity index (χ2v) is 6.02. The molecule has 0 amide bonds. The van der Waals surface area contributed by atoms with E-state index >= 15 is 0 Å². The van der Waals surface area contributed by atoms with Gasteiger partial charge in [-0.05, 0) is 50.9 Å². The van der Waals surface area contributed by atoms with Gasteiger partial charge in [0.2, 0.25) is 0 Å². The van der Waals surface area contributed by atoms with Crippen LogP contribution in [0.4, 0.5) is 5.82 Å². The van der Waals surface area contributed by atoms with Gasteiger partial charge in [-0.25, -0.2) is 4.98 Å². The number of hydrogen-bond acceptors (Lipinski definition) is 4. The second kappa shape index (κ2) is 5.10. The van der Waals surface area contributed by atoms with Crippen molar-refractivity contribution >= 4 is 5.82 Å². The first-order valence-electron chi connectivity index (χ1n) is 7.33. The smallest absolute Gasteiger partial charge is 0.128 e. The number of aromatic nitrogens is 1. The highest BCUT2D eigenvalue weighted by Crippen LogP contribution is 2.30. The van der Waals surface area contributed by atoms with E-state index in [1.807, 2.05) is 19.2 Å². The van der Waals surface area contributed by atoms with Gasteiger partial charge in [0.25, 0.3) is 0 Å².